The molecule has 1 N–H and O–H groups in total. The Kier molecular flexibility index (Phi) is 5.73. The number of nitrogens with zero attached hydrogens (tertiary/aromatic N) is 3. The number of pyridine rings is 1. The first-order valence-corrected chi connectivity index (χ1v) is 9.45. The molecule has 0 unspecified atom stereocenters. The van der Waals surface area contributed by atoms with Crippen LogP contribution in [0.15, 0.2) is 53.9 Å². The zero-order chi connectivity index (χ0) is 18.5. The van der Waals surface area contributed by atoms with Gasteiger partial charge in [-0.1, -0.05) is 30.0 Å². The number of nitrogens with one attached hydrogen (secondary N) is 1. The van der Waals surface area contributed by atoms with Crippen LogP contribution in [0.25, 0.3) is 5.69 Å². The summed E-state index contributed by atoms with van der Waals surface area (Å²) in [6, 6.07) is 12.0. The van der Waals surface area contributed by atoms with Crippen molar-refractivity contribution in [2.24, 2.45) is 0 Å². The third-order valence-electron chi connectivity index (χ3n) is 4.19. The van der Waals surface area contributed by atoms with Crippen LogP contribution in [0.2, 0.25) is 0 Å². The van der Waals surface area contributed by atoms with Crippen molar-refractivity contribution in [1.29, 1.82) is 0 Å². The van der Waals surface area contributed by atoms with Crippen molar-refractivity contribution in [3.63, 3.8) is 0 Å². The lowest BCUT2D eigenvalue weighted by atomic mass is 10.1. The molecule has 2 aromatic heterocycles. The number of imidazole rings is 1. The molecule has 2 heterocycles. The van der Waals surface area contributed by atoms with Gasteiger partial charge >= 0.3 is 0 Å². The minimum atomic E-state index is -0.0335. The SMILES string of the molecule is Cc1cccc(CNC(=O)CSc2nccn2-c2cccc(C)c2C)n1. The molecule has 0 aliphatic rings. The monoisotopic (exact) mass is 366 g/mol. The van der Waals surface area contributed by atoms with Gasteiger partial charge in [-0.15, -0.1) is 0 Å². The average molecular weight is 366 g/mol. The summed E-state index contributed by atoms with van der Waals surface area (Å²) in [5.41, 5.74) is 5.34. The van der Waals surface area contributed by atoms with Gasteiger partial charge in [0.15, 0.2) is 5.16 Å². The molecule has 1 aromatic carbocycles. The number of aromatic nitrogens is 3. The third kappa shape index (κ3) is 4.32. The Morgan fingerprint density at radius 1 is 1.15 bits per heavy atom. The minimum Gasteiger partial charge on any atom is -0.350 e. The first-order chi connectivity index (χ1) is 12.5. The summed E-state index contributed by atoms with van der Waals surface area (Å²) < 4.78 is 2.03. The molecule has 0 atom stereocenters. The molecule has 0 bridgehead atoms. The highest BCUT2D eigenvalue weighted by Crippen LogP contribution is 2.24. The van der Waals surface area contributed by atoms with Gasteiger partial charge in [0, 0.05) is 18.1 Å². The second kappa shape index (κ2) is 8.19. The molecule has 3 aromatic rings. The molecule has 5 nitrogen and oxygen atoms in total. The normalized spacial score (nSPS) is 10.7. The molecular weight excluding hydrogens is 344 g/mol. The molecule has 0 fully saturated rings. The summed E-state index contributed by atoms with van der Waals surface area (Å²) in [6.45, 7) is 6.57. The van der Waals surface area contributed by atoms with Crippen LogP contribution in [0.4, 0.5) is 0 Å². The number of hydrogen-bond donors (Lipinski definition) is 1. The zero-order valence-corrected chi connectivity index (χ0v) is 16.0. The first-order valence-electron chi connectivity index (χ1n) is 8.46. The maximum absolute atomic E-state index is 12.2. The zero-order valence-electron chi connectivity index (χ0n) is 15.2. The summed E-state index contributed by atoms with van der Waals surface area (Å²) in [7, 11) is 0. The summed E-state index contributed by atoms with van der Waals surface area (Å²) in [6.07, 6.45) is 3.69. The topological polar surface area (TPSA) is 59.8 Å². The van der Waals surface area contributed by atoms with Crippen molar-refractivity contribution in [1.82, 2.24) is 19.9 Å². The van der Waals surface area contributed by atoms with E-state index in [1.807, 2.05) is 42.0 Å². The molecule has 6 heteroatoms. The van der Waals surface area contributed by atoms with E-state index >= 15 is 0 Å². The lowest BCUT2D eigenvalue weighted by Gasteiger charge is -2.12. The predicted molar refractivity (Wildman–Crippen MR) is 105 cm³/mol. The van der Waals surface area contributed by atoms with E-state index in [1.165, 1.54) is 22.9 Å². The number of rotatable bonds is 6. The fraction of sp³-hybridized carbons (Fsp3) is 0.250. The Hall–Kier alpha value is -2.60. The number of carbonyl (C=O) groups excluding carboxylic acids is 1. The smallest absolute Gasteiger partial charge is 0.230 e. The van der Waals surface area contributed by atoms with Crippen molar-refractivity contribution in [3.05, 3.63) is 71.3 Å². The van der Waals surface area contributed by atoms with Crippen molar-refractivity contribution < 1.29 is 4.79 Å². The second-order valence-corrected chi connectivity index (χ2v) is 7.08. The van der Waals surface area contributed by atoms with E-state index in [0.717, 1.165) is 22.2 Å². The molecule has 0 radical (unpaired) electrons. The summed E-state index contributed by atoms with van der Waals surface area (Å²) in [5, 5.41) is 3.72. The van der Waals surface area contributed by atoms with Crippen LogP contribution in [-0.2, 0) is 11.3 Å². The van der Waals surface area contributed by atoms with Gasteiger partial charge in [0.2, 0.25) is 5.91 Å². The van der Waals surface area contributed by atoms with Gasteiger partial charge < -0.3 is 5.32 Å². The standard InChI is InChI=1S/C20H22N4OS/c1-14-6-4-9-18(16(14)3)24-11-10-21-20(24)26-13-19(25)22-12-17-8-5-7-15(2)23-17/h4-11H,12-13H2,1-3H3,(H,22,25). The highest BCUT2D eigenvalue weighted by molar-refractivity contribution is 7.99. The molecule has 0 saturated carbocycles. The van der Waals surface area contributed by atoms with Gasteiger partial charge in [-0.05, 0) is 50.1 Å². The highest BCUT2D eigenvalue weighted by Gasteiger charge is 2.11. The predicted octanol–water partition coefficient (Wildman–Crippen LogP) is 3.60. The van der Waals surface area contributed by atoms with Crippen LogP contribution >= 0.6 is 11.8 Å². The largest absolute Gasteiger partial charge is 0.350 e. The van der Waals surface area contributed by atoms with E-state index < -0.39 is 0 Å². The quantitative estimate of drug-likeness (QED) is 0.677. The van der Waals surface area contributed by atoms with Gasteiger partial charge in [0.1, 0.15) is 0 Å². The summed E-state index contributed by atoms with van der Waals surface area (Å²) in [4.78, 5) is 21.0. The van der Waals surface area contributed by atoms with E-state index in [2.05, 4.69) is 41.3 Å². The van der Waals surface area contributed by atoms with Gasteiger partial charge in [-0.2, -0.15) is 0 Å². The minimum absolute atomic E-state index is 0.0335. The van der Waals surface area contributed by atoms with E-state index in [4.69, 9.17) is 0 Å². The maximum Gasteiger partial charge on any atom is 0.230 e. The third-order valence-corrected chi connectivity index (χ3v) is 5.15. The maximum atomic E-state index is 12.2. The van der Waals surface area contributed by atoms with Crippen LogP contribution in [-0.4, -0.2) is 26.2 Å². The molecule has 0 spiro atoms. The first kappa shape index (κ1) is 18.2. The van der Waals surface area contributed by atoms with Crippen molar-refractivity contribution in [2.75, 3.05) is 5.75 Å². The van der Waals surface area contributed by atoms with Crippen LogP contribution in [0.1, 0.15) is 22.5 Å². The van der Waals surface area contributed by atoms with E-state index in [-0.39, 0.29) is 5.91 Å². The molecule has 1 amide bonds. The number of hydrogen-bond acceptors (Lipinski definition) is 4. The Morgan fingerprint density at radius 3 is 2.77 bits per heavy atom. The lowest BCUT2D eigenvalue weighted by Crippen LogP contribution is -2.25. The number of benzene rings is 1. The second-order valence-electron chi connectivity index (χ2n) is 6.13. The van der Waals surface area contributed by atoms with E-state index in [9.17, 15) is 4.79 Å². The van der Waals surface area contributed by atoms with Crippen molar-refractivity contribution >= 4 is 17.7 Å². The number of thioether (sulfide) groups is 1. The number of amides is 1. The molecule has 0 saturated heterocycles. The fourth-order valence-corrected chi connectivity index (χ4v) is 3.44. The molecule has 0 aliphatic heterocycles. The van der Waals surface area contributed by atoms with Crippen LogP contribution < -0.4 is 5.32 Å². The fourth-order valence-electron chi connectivity index (χ4n) is 2.64. The highest BCUT2D eigenvalue weighted by atomic mass is 32.2. The number of carbonyl (C=O) groups is 1. The summed E-state index contributed by atoms with van der Waals surface area (Å²) in [5.74, 6) is 0.280. The molecular formula is C20H22N4OS. The van der Waals surface area contributed by atoms with Crippen molar-refractivity contribution in [3.8, 4) is 5.69 Å². The molecule has 3 rings (SSSR count). The van der Waals surface area contributed by atoms with Crippen LogP contribution in [0.5, 0.6) is 0 Å². The van der Waals surface area contributed by atoms with Gasteiger partial charge in [-0.3, -0.25) is 14.3 Å². The van der Waals surface area contributed by atoms with Gasteiger partial charge in [-0.25, -0.2) is 4.98 Å². The van der Waals surface area contributed by atoms with Gasteiger partial charge in [0.05, 0.1) is 23.7 Å². The lowest BCUT2D eigenvalue weighted by molar-refractivity contribution is -0.118. The van der Waals surface area contributed by atoms with Gasteiger partial charge in [0.25, 0.3) is 0 Å². The summed E-state index contributed by atoms with van der Waals surface area (Å²) >= 11 is 1.43. The Balaban J connectivity index is 1.61. The van der Waals surface area contributed by atoms with Crippen LogP contribution in [0, 0.1) is 20.8 Å². The Bertz CT molecular complexity index is 920. The Morgan fingerprint density at radius 2 is 1.96 bits per heavy atom. The Labute approximate surface area is 157 Å². The molecule has 134 valence electrons. The van der Waals surface area contributed by atoms with Crippen molar-refractivity contribution in [2.45, 2.75) is 32.5 Å². The number of aryl methyl sites for hydroxylation is 2. The molecule has 0 aliphatic carbocycles. The van der Waals surface area contributed by atoms with E-state index in [1.54, 1.807) is 6.20 Å². The van der Waals surface area contributed by atoms with E-state index in [0.29, 0.717) is 12.3 Å². The van der Waals surface area contributed by atoms with Crippen LogP contribution in [0.3, 0.4) is 0 Å². The average Bonchev–Trinajstić information content (AvgIpc) is 3.09. The molecule has 26 heavy (non-hydrogen) atoms.